The molecule has 1 aromatic rings. The predicted octanol–water partition coefficient (Wildman–Crippen LogP) is 1.75. The maximum Gasteiger partial charge on any atom is 0.384 e. The molecule has 1 rings (SSSR count). The van der Waals surface area contributed by atoms with Crippen LogP contribution < -0.4 is 0 Å². The van der Waals surface area contributed by atoms with Gasteiger partial charge < -0.3 is 4.74 Å². The largest absolute Gasteiger partial charge is 0.456 e. The first-order valence-electron chi connectivity index (χ1n) is 4.66. The van der Waals surface area contributed by atoms with Gasteiger partial charge in [0.15, 0.2) is 0 Å². The van der Waals surface area contributed by atoms with E-state index in [-0.39, 0.29) is 12.2 Å². The summed E-state index contributed by atoms with van der Waals surface area (Å²) < 4.78 is 30.8. The lowest BCUT2D eigenvalue weighted by molar-refractivity contribution is -0.136. The Bertz CT molecular complexity index is 527. The molecule has 3 nitrogen and oxygen atoms in total. The zero-order valence-electron chi connectivity index (χ0n) is 8.88. The first-order chi connectivity index (χ1) is 8.08. The summed E-state index contributed by atoms with van der Waals surface area (Å²) in [5, 5.41) is 8.44. The Balaban J connectivity index is 3.03. The highest BCUT2D eigenvalue weighted by atomic mass is 19.1. The van der Waals surface area contributed by atoms with Crippen LogP contribution in [-0.4, -0.2) is 12.6 Å². The van der Waals surface area contributed by atoms with E-state index < -0.39 is 23.2 Å². The van der Waals surface area contributed by atoms with Crippen LogP contribution in [0.15, 0.2) is 12.1 Å². The van der Waals surface area contributed by atoms with Crippen molar-refractivity contribution in [2.24, 2.45) is 0 Å². The second kappa shape index (κ2) is 5.62. The van der Waals surface area contributed by atoms with Crippen LogP contribution in [0.25, 0.3) is 0 Å². The molecule has 0 aromatic heterocycles. The second-order valence-corrected chi connectivity index (χ2v) is 2.90. The molecule has 0 saturated heterocycles. The maximum absolute atomic E-state index is 13.1. The van der Waals surface area contributed by atoms with Crippen molar-refractivity contribution in [2.45, 2.75) is 6.92 Å². The van der Waals surface area contributed by atoms with Gasteiger partial charge in [-0.05, 0) is 19.1 Å². The van der Waals surface area contributed by atoms with Crippen LogP contribution in [0.5, 0.6) is 0 Å². The van der Waals surface area contributed by atoms with Gasteiger partial charge in [-0.2, -0.15) is 5.26 Å². The van der Waals surface area contributed by atoms with Crippen molar-refractivity contribution in [3.8, 4) is 17.9 Å². The summed E-state index contributed by atoms with van der Waals surface area (Å²) in [5.74, 6) is 1.51. The number of esters is 1. The topological polar surface area (TPSA) is 50.1 Å². The minimum Gasteiger partial charge on any atom is -0.456 e. The van der Waals surface area contributed by atoms with Gasteiger partial charge in [-0.25, -0.2) is 13.6 Å². The number of ether oxygens (including phenoxy) is 1. The molecule has 1 aromatic carbocycles. The molecule has 0 saturated carbocycles. The van der Waals surface area contributed by atoms with E-state index in [1.807, 2.05) is 0 Å². The highest BCUT2D eigenvalue weighted by Crippen LogP contribution is 2.13. The van der Waals surface area contributed by atoms with Crippen LogP contribution in [-0.2, 0) is 9.53 Å². The monoisotopic (exact) mass is 235 g/mol. The van der Waals surface area contributed by atoms with Gasteiger partial charge in [0.2, 0.25) is 0 Å². The zero-order valence-corrected chi connectivity index (χ0v) is 8.88. The molecule has 0 atom stereocenters. The zero-order chi connectivity index (χ0) is 12.8. The number of carbonyl (C=O) groups is 1. The number of nitriles is 1. The van der Waals surface area contributed by atoms with E-state index >= 15 is 0 Å². The van der Waals surface area contributed by atoms with Crippen molar-refractivity contribution >= 4 is 5.97 Å². The number of hydrogen-bond acceptors (Lipinski definition) is 3. The van der Waals surface area contributed by atoms with Gasteiger partial charge >= 0.3 is 5.97 Å². The number of carbonyl (C=O) groups excluding carboxylic acids is 1. The van der Waals surface area contributed by atoms with Crippen LogP contribution in [0.4, 0.5) is 8.78 Å². The average Bonchev–Trinajstić information content (AvgIpc) is 2.26. The molecule has 17 heavy (non-hydrogen) atoms. The molecule has 0 aliphatic carbocycles. The number of benzene rings is 1. The fourth-order valence-electron chi connectivity index (χ4n) is 1.04. The summed E-state index contributed by atoms with van der Waals surface area (Å²) in [7, 11) is 0. The average molecular weight is 235 g/mol. The van der Waals surface area contributed by atoms with Gasteiger partial charge in [0, 0.05) is 11.5 Å². The minimum atomic E-state index is -1.01. The van der Waals surface area contributed by atoms with Gasteiger partial charge in [0.25, 0.3) is 0 Å². The smallest absolute Gasteiger partial charge is 0.384 e. The molecule has 0 aliphatic heterocycles. The highest BCUT2D eigenvalue weighted by molar-refractivity contribution is 5.89. The van der Waals surface area contributed by atoms with Crippen LogP contribution in [0.1, 0.15) is 18.1 Å². The number of hydrogen-bond donors (Lipinski definition) is 0. The van der Waals surface area contributed by atoms with Crippen molar-refractivity contribution in [3.05, 3.63) is 34.9 Å². The standard InChI is InChI=1S/C12H7F2NO2/c1-2-17-12(16)4-3-8-5-10(13)9(7-15)11(14)6-8/h5-6H,2H2,1H3. The fourth-order valence-corrected chi connectivity index (χ4v) is 1.04. The third-order valence-electron chi connectivity index (χ3n) is 1.74. The SMILES string of the molecule is CCOC(=O)C#Cc1cc(F)c(C#N)c(F)c1. The molecule has 0 aliphatic rings. The van der Waals surface area contributed by atoms with Gasteiger partial charge in [0.1, 0.15) is 23.3 Å². The Morgan fingerprint density at radius 1 is 1.41 bits per heavy atom. The molecule has 0 spiro atoms. The quantitative estimate of drug-likeness (QED) is 0.550. The van der Waals surface area contributed by atoms with Gasteiger partial charge in [-0.3, -0.25) is 0 Å². The van der Waals surface area contributed by atoms with E-state index in [4.69, 9.17) is 5.26 Å². The van der Waals surface area contributed by atoms with E-state index in [1.54, 1.807) is 6.92 Å². The first kappa shape index (κ1) is 12.7. The molecule has 0 N–H and O–H groups in total. The molecule has 0 unspecified atom stereocenters. The van der Waals surface area contributed by atoms with Crippen LogP contribution >= 0.6 is 0 Å². The van der Waals surface area contributed by atoms with Crippen molar-refractivity contribution in [1.82, 2.24) is 0 Å². The Morgan fingerprint density at radius 3 is 2.47 bits per heavy atom. The number of nitrogens with zero attached hydrogens (tertiary/aromatic N) is 1. The molecular formula is C12H7F2NO2. The summed E-state index contributed by atoms with van der Waals surface area (Å²) in [5.41, 5.74) is -0.710. The Labute approximate surface area is 96.6 Å². The Hall–Kier alpha value is -2.40. The number of rotatable bonds is 1. The lowest BCUT2D eigenvalue weighted by atomic mass is 10.1. The summed E-state index contributed by atoms with van der Waals surface area (Å²) in [6, 6.07) is 3.15. The van der Waals surface area contributed by atoms with Crippen molar-refractivity contribution in [3.63, 3.8) is 0 Å². The van der Waals surface area contributed by atoms with Crippen molar-refractivity contribution in [1.29, 1.82) is 5.26 Å². The van der Waals surface area contributed by atoms with Gasteiger partial charge in [-0.1, -0.05) is 5.92 Å². The molecular weight excluding hydrogens is 228 g/mol. The summed E-state index contributed by atoms with van der Waals surface area (Å²) in [4.78, 5) is 10.9. The van der Waals surface area contributed by atoms with Gasteiger partial charge in [-0.15, -0.1) is 0 Å². The summed E-state index contributed by atoms with van der Waals surface area (Å²) >= 11 is 0. The third-order valence-corrected chi connectivity index (χ3v) is 1.74. The predicted molar refractivity (Wildman–Crippen MR) is 54.6 cm³/mol. The second-order valence-electron chi connectivity index (χ2n) is 2.90. The summed E-state index contributed by atoms with van der Waals surface area (Å²) in [6.07, 6.45) is 0. The lowest BCUT2D eigenvalue weighted by Gasteiger charge is -1.97. The minimum absolute atomic E-state index is 0.0351. The van der Waals surface area contributed by atoms with Crippen molar-refractivity contribution < 1.29 is 18.3 Å². The molecule has 5 heteroatoms. The molecule has 0 amide bonds. The summed E-state index contributed by atoms with van der Waals surface area (Å²) in [6.45, 7) is 1.78. The van der Waals surface area contributed by atoms with E-state index in [0.717, 1.165) is 12.1 Å². The molecule has 0 fully saturated rings. The van der Waals surface area contributed by atoms with Crippen LogP contribution in [0.2, 0.25) is 0 Å². The first-order valence-corrected chi connectivity index (χ1v) is 4.66. The van der Waals surface area contributed by atoms with Crippen LogP contribution in [0.3, 0.4) is 0 Å². The lowest BCUT2D eigenvalue weighted by Crippen LogP contribution is -1.99. The molecule has 86 valence electrons. The van der Waals surface area contributed by atoms with Gasteiger partial charge in [0.05, 0.1) is 6.61 Å². The van der Waals surface area contributed by atoms with E-state index in [9.17, 15) is 13.6 Å². The van der Waals surface area contributed by atoms with E-state index in [2.05, 4.69) is 16.6 Å². The van der Waals surface area contributed by atoms with Crippen LogP contribution in [0, 0.1) is 34.8 Å². The molecule has 0 heterocycles. The third kappa shape index (κ3) is 3.29. The number of halogens is 2. The Morgan fingerprint density at radius 2 is 2.00 bits per heavy atom. The van der Waals surface area contributed by atoms with E-state index in [0.29, 0.717) is 0 Å². The maximum atomic E-state index is 13.1. The normalized spacial score (nSPS) is 8.82. The highest BCUT2D eigenvalue weighted by Gasteiger charge is 2.09. The van der Waals surface area contributed by atoms with Crippen molar-refractivity contribution in [2.75, 3.05) is 6.61 Å². The molecule has 0 radical (unpaired) electrons. The molecule has 0 bridgehead atoms. The van der Waals surface area contributed by atoms with E-state index in [1.165, 1.54) is 6.07 Å². The fraction of sp³-hybridized carbons (Fsp3) is 0.167. The Kier molecular flexibility index (Phi) is 4.19.